The van der Waals surface area contributed by atoms with E-state index in [0.29, 0.717) is 17.2 Å². The zero-order valence-corrected chi connectivity index (χ0v) is 19.7. The maximum Gasteiger partial charge on any atom is 0.255 e. The Labute approximate surface area is 195 Å². The van der Waals surface area contributed by atoms with Gasteiger partial charge in [-0.3, -0.25) is 14.5 Å². The molecule has 6 heteroatoms. The Hall–Kier alpha value is -2.57. The number of hydrogen-bond donors (Lipinski definition) is 1. The Kier molecular flexibility index (Phi) is 6.49. The van der Waals surface area contributed by atoms with Crippen LogP contribution in [0.2, 0.25) is 0 Å². The minimum absolute atomic E-state index is 0.0800. The second-order valence-corrected chi connectivity index (χ2v) is 9.71. The molecule has 1 saturated heterocycles. The van der Waals surface area contributed by atoms with E-state index in [0.717, 1.165) is 21.4 Å². The molecule has 0 saturated carbocycles. The smallest absolute Gasteiger partial charge is 0.255 e. The van der Waals surface area contributed by atoms with Crippen LogP contribution in [0.3, 0.4) is 0 Å². The van der Waals surface area contributed by atoms with Gasteiger partial charge >= 0.3 is 0 Å². The van der Waals surface area contributed by atoms with Crippen molar-refractivity contribution in [2.45, 2.75) is 25.1 Å². The SMILES string of the molecule is CC(C)c1ccccc1N1C(=O)CS[C@@H]1c1ccc(NC(=O)c2ccc(Br)cc2)cc1. The van der Waals surface area contributed by atoms with E-state index in [1.54, 1.807) is 23.9 Å². The topological polar surface area (TPSA) is 49.4 Å². The summed E-state index contributed by atoms with van der Waals surface area (Å²) in [5.74, 6) is 0.749. The number of amides is 2. The molecule has 1 N–H and O–H groups in total. The Morgan fingerprint density at radius 1 is 1.03 bits per heavy atom. The van der Waals surface area contributed by atoms with Gasteiger partial charge < -0.3 is 5.32 Å². The second kappa shape index (κ2) is 9.28. The van der Waals surface area contributed by atoms with E-state index in [9.17, 15) is 9.59 Å². The van der Waals surface area contributed by atoms with Crippen molar-refractivity contribution in [3.05, 3.63) is 94.0 Å². The van der Waals surface area contributed by atoms with Crippen LogP contribution in [0.5, 0.6) is 0 Å². The zero-order chi connectivity index (χ0) is 22.0. The summed E-state index contributed by atoms with van der Waals surface area (Å²) in [7, 11) is 0. The van der Waals surface area contributed by atoms with Gasteiger partial charge in [-0.1, -0.05) is 60.1 Å². The number of carbonyl (C=O) groups excluding carboxylic acids is 2. The molecule has 1 aliphatic rings. The molecule has 0 aliphatic carbocycles. The first-order valence-corrected chi connectivity index (χ1v) is 12.0. The quantitative estimate of drug-likeness (QED) is 0.434. The largest absolute Gasteiger partial charge is 0.322 e. The Bertz CT molecular complexity index is 1100. The first kappa shape index (κ1) is 21.7. The van der Waals surface area contributed by atoms with Gasteiger partial charge in [0.2, 0.25) is 5.91 Å². The molecule has 2 amide bonds. The van der Waals surface area contributed by atoms with Crippen LogP contribution in [0.4, 0.5) is 11.4 Å². The number of hydrogen-bond acceptors (Lipinski definition) is 3. The number of benzene rings is 3. The normalized spacial score (nSPS) is 16.1. The number of halogens is 1. The minimum Gasteiger partial charge on any atom is -0.322 e. The van der Waals surface area contributed by atoms with Crippen LogP contribution >= 0.6 is 27.7 Å². The molecule has 0 unspecified atom stereocenters. The third kappa shape index (κ3) is 4.70. The van der Waals surface area contributed by atoms with E-state index in [1.807, 2.05) is 59.5 Å². The lowest BCUT2D eigenvalue weighted by atomic mass is 10.00. The fraction of sp³-hybridized carbons (Fsp3) is 0.200. The van der Waals surface area contributed by atoms with Crippen molar-refractivity contribution in [1.29, 1.82) is 0 Å². The molecule has 0 aromatic heterocycles. The predicted octanol–water partition coefficient (Wildman–Crippen LogP) is 6.60. The van der Waals surface area contributed by atoms with Crippen LogP contribution in [0.25, 0.3) is 0 Å². The van der Waals surface area contributed by atoms with Gasteiger partial charge in [-0.2, -0.15) is 0 Å². The van der Waals surface area contributed by atoms with Crippen molar-refractivity contribution >= 4 is 50.9 Å². The van der Waals surface area contributed by atoms with Gasteiger partial charge in [0, 0.05) is 21.4 Å². The molecule has 0 bridgehead atoms. The standard InChI is InChI=1S/C25H23BrN2O2S/c1-16(2)21-5-3-4-6-22(21)28-23(29)15-31-25(28)18-9-13-20(14-10-18)27-24(30)17-7-11-19(26)12-8-17/h3-14,16,25H,15H2,1-2H3,(H,27,30)/t25-/m1/s1. The number of nitrogens with one attached hydrogen (secondary N) is 1. The molecule has 1 atom stereocenters. The highest BCUT2D eigenvalue weighted by Crippen LogP contribution is 2.44. The summed E-state index contributed by atoms with van der Waals surface area (Å²) >= 11 is 5.01. The maximum atomic E-state index is 12.8. The van der Waals surface area contributed by atoms with Crippen molar-refractivity contribution in [3.8, 4) is 0 Å². The second-order valence-electron chi connectivity index (χ2n) is 7.72. The Morgan fingerprint density at radius 3 is 2.39 bits per heavy atom. The average molecular weight is 495 g/mol. The van der Waals surface area contributed by atoms with Crippen molar-refractivity contribution in [2.75, 3.05) is 16.0 Å². The van der Waals surface area contributed by atoms with Crippen LogP contribution in [-0.2, 0) is 4.79 Å². The highest BCUT2D eigenvalue weighted by atomic mass is 79.9. The molecule has 3 aromatic rings. The molecule has 0 radical (unpaired) electrons. The van der Waals surface area contributed by atoms with Gasteiger partial charge in [-0.25, -0.2) is 0 Å². The van der Waals surface area contributed by atoms with Crippen molar-refractivity contribution in [1.82, 2.24) is 0 Å². The summed E-state index contributed by atoms with van der Waals surface area (Å²) in [5.41, 5.74) is 4.50. The van der Waals surface area contributed by atoms with E-state index in [4.69, 9.17) is 0 Å². The lowest BCUT2D eigenvalue weighted by molar-refractivity contribution is -0.115. The van der Waals surface area contributed by atoms with E-state index < -0.39 is 0 Å². The lowest BCUT2D eigenvalue weighted by Crippen LogP contribution is -2.29. The van der Waals surface area contributed by atoms with Crippen molar-refractivity contribution in [2.24, 2.45) is 0 Å². The number of para-hydroxylation sites is 1. The first-order chi connectivity index (χ1) is 14.9. The lowest BCUT2D eigenvalue weighted by Gasteiger charge is -2.27. The third-order valence-electron chi connectivity index (χ3n) is 5.25. The van der Waals surface area contributed by atoms with Gasteiger partial charge in [0.1, 0.15) is 5.37 Å². The predicted molar refractivity (Wildman–Crippen MR) is 132 cm³/mol. The van der Waals surface area contributed by atoms with Gasteiger partial charge in [0.25, 0.3) is 5.91 Å². The monoisotopic (exact) mass is 494 g/mol. The summed E-state index contributed by atoms with van der Waals surface area (Å²) in [6.07, 6.45) is 0. The summed E-state index contributed by atoms with van der Waals surface area (Å²) in [4.78, 5) is 27.1. The molecule has 4 rings (SSSR count). The van der Waals surface area contributed by atoms with Gasteiger partial charge in [-0.15, -0.1) is 11.8 Å². The fourth-order valence-corrected chi connectivity index (χ4v) is 5.10. The highest BCUT2D eigenvalue weighted by Gasteiger charge is 2.35. The van der Waals surface area contributed by atoms with Gasteiger partial charge in [0.05, 0.1) is 5.75 Å². The van der Waals surface area contributed by atoms with Crippen LogP contribution in [0.15, 0.2) is 77.3 Å². The number of carbonyl (C=O) groups is 2. The third-order valence-corrected chi connectivity index (χ3v) is 6.99. The van der Waals surface area contributed by atoms with Crippen LogP contribution in [0, 0.1) is 0 Å². The van der Waals surface area contributed by atoms with E-state index >= 15 is 0 Å². The van der Waals surface area contributed by atoms with Crippen molar-refractivity contribution < 1.29 is 9.59 Å². The van der Waals surface area contributed by atoms with E-state index in [2.05, 4.69) is 41.2 Å². The van der Waals surface area contributed by atoms with Crippen LogP contribution < -0.4 is 10.2 Å². The number of nitrogens with zero attached hydrogens (tertiary/aromatic N) is 1. The molecule has 158 valence electrons. The summed E-state index contributed by atoms with van der Waals surface area (Å²) in [6.45, 7) is 4.29. The molecular weight excluding hydrogens is 472 g/mol. The molecule has 4 nitrogen and oxygen atoms in total. The molecule has 31 heavy (non-hydrogen) atoms. The van der Waals surface area contributed by atoms with Crippen LogP contribution in [-0.4, -0.2) is 17.6 Å². The van der Waals surface area contributed by atoms with E-state index in [-0.39, 0.29) is 17.2 Å². The molecule has 3 aromatic carbocycles. The number of thioether (sulfide) groups is 1. The average Bonchev–Trinajstić information content (AvgIpc) is 3.16. The number of rotatable bonds is 5. The van der Waals surface area contributed by atoms with Gasteiger partial charge in [-0.05, 0) is 59.5 Å². The molecule has 1 heterocycles. The van der Waals surface area contributed by atoms with Crippen LogP contribution in [0.1, 0.15) is 46.6 Å². The molecule has 1 aliphatic heterocycles. The van der Waals surface area contributed by atoms with E-state index in [1.165, 1.54) is 5.56 Å². The summed E-state index contributed by atoms with van der Waals surface area (Å²) in [6, 6.07) is 23.1. The minimum atomic E-state index is -0.154. The molecule has 1 fully saturated rings. The zero-order valence-electron chi connectivity index (χ0n) is 17.3. The highest BCUT2D eigenvalue weighted by molar-refractivity contribution is 9.10. The molecular formula is C25H23BrN2O2S. The molecule has 0 spiro atoms. The van der Waals surface area contributed by atoms with Gasteiger partial charge in [0.15, 0.2) is 0 Å². The first-order valence-electron chi connectivity index (χ1n) is 10.1. The maximum absolute atomic E-state index is 12.8. The number of anilines is 2. The Morgan fingerprint density at radius 2 is 1.71 bits per heavy atom. The summed E-state index contributed by atoms with van der Waals surface area (Å²) in [5, 5.41) is 2.85. The Balaban J connectivity index is 1.55. The van der Waals surface area contributed by atoms with Crippen molar-refractivity contribution in [3.63, 3.8) is 0 Å². The fourth-order valence-electron chi connectivity index (χ4n) is 3.66. The summed E-state index contributed by atoms with van der Waals surface area (Å²) < 4.78 is 0.931.